The lowest BCUT2D eigenvalue weighted by atomic mass is 9.58. The first-order chi connectivity index (χ1) is 15.8. The highest BCUT2D eigenvalue weighted by Gasteiger charge is 2.52. The van der Waals surface area contributed by atoms with Crippen molar-refractivity contribution >= 4 is 41.1 Å². The van der Waals surface area contributed by atoms with Crippen LogP contribution in [0.15, 0.2) is 60.7 Å². The van der Waals surface area contributed by atoms with E-state index in [1.165, 1.54) is 12.1 Å². The Labute approximate surface area is 201 Å². The Bertz CT molecular complexity index is 1230. The highest BCUT2D eigenvalue weighted by Crippen LogP contribution is 2.53. The average molecular weight is 485 g/mol. The van der Waals surface area contributed by atoms with Gasteiger partial charge in [-0.25, -0.2) is 4.39 Å². The second-order valence-corrected chi connectivity index (χ2v) is 9.32. The van der Waals surface area contributed by atoms with Crippen LogP contribution in [0.4, 0.5) is 10.1 Å². The number of hydrogen-bond acceptors (Lipinski definition) is 3. The Hall–Kier alpha value is -2.89. The SMILES string of the molecule is Cc1ccc(F)cc1C1CNC(=O)C[C@@H](c2cccc(Cl)c2)[C@@]1(C=O)c1ccc(Cl)cc1N. The number of aldehydes is 1. The molecule has 3 aromatic rings. The minimum Gasteiger partial charge on any atom is -0.398 e. The number of anilines is 1. The maximum atomic E-state index is 14.4. The largest absolute Gasteiger partial charge is 0.398 e. The molecule has 1 aliphatic rings. The molecule has 4 nitrogen and oxygen atoms in total. The van der Waals surface area contributed by atoms with Crippen LogP contribution in [-0.4, -0.2) is 18.7 Å². The van der Waals surface area contributed by atoms with E-state index in [4.69, 9.17) is 28.9 Å². The van der Waals surface area contributed by atoms with E-state index in [2.05, 4.69) is 5.32 Å². The Morgan fingerprint density at radius 1 is 1.06 bits per heavy atom. The van der Waals surface area contributed by atoms with Crippen molar-refractivity contribution in [1.29, 1.82) is 0 Å². The van der Waals surface area contributed by atoms with E-state index in [0.29, 0.717) is 26.9 Å². The van der Waals surface area contributed by atoms with Gasteiger partial charge in [-0.15, -0.1) is 0 Å². The third-order valence-corrected chi connectivity index (χ3v) is 7.06. The fraction of sp³-hybridized carbons (Fsp3) is 0.231. The summed E-state index contributed by atoms with van der Waals surface area (Å²) in [4.78, 5) is 26.1. The van der Waals surface area contributed by atoms with Gasteiger partial charge in [-0.2, -0.15) is 0 Å². The molecule has 0 bridgehead atoms. The van der Waals surface area contributed by atoms with Crippen LogP contribution in [0.5, 0.6) is 0 Å². The smallest absolute Gasteiger partial charge is 0.220 e. The molecule has 170 valence electrons. The third-order valence-electron chi connectivity index (χ3n) is 6.59. The van der Waals surface area contributed by atoms with Gasteiger partial charge < -0.3 is 15.8 Å². The molecule has 1 amide bonds. The topological polar surface area (TPSA) is 72.2 Å². The van der Waals surface area contributed by atoms with Crippen molar-refractivity contribution in [2.45, 2.75) is 30.6 Å². The molecule has 3 N–H and O–H groups in total. The second kappa shape index (κ2) is 9.16. The first kappa shape index (κ1) is 23.3. The quantitative estimate of drug-likeness (QED) is 0.376. The number of aryl methyl sites for hydroxylation is 1. The zero-order valence-corrected chi connectivity index (χ0v) is 19.5. The van der Waals surface area contributed by atoms with E-state index in [-0.39, 0.29) is 18.9 Å². The lowest BCUT2D eigenvalue weighted by Gasteiger charge is -2.42. The number of benzene rings is 3. The molecule has 0 aliphatic carbocycles. The molecule has 4 rings (SSSR count). The summed E-state index contributed by atoms with van der Waals surface area (Å²) >= 11 is 12.5. The number of nitrogens with two attached hydrogens (primary N) is 1. The van der Waals surface area contributed by atoms with Gasteiger partial charge in [0.1, 0.15) is 12.1 Å². The number of carbonyl (C=O) groups excluding carboxylic acids is 2. The van der Waals surface area contributed by atoms with Gasteiger partial charge in [-0.05, 0) is 65.6 Å². The molecule has 33 heavy (non-hydrogen) atoms. The van der Waals surface area contributed by atoms with Crippen molar-refractivity contribution in [2.75, 3.05) is 12.3 Å². The maximum absolute atomic E-state index is 14.4. The number of hydrogen-bond donors (Lipinski definition) is 2. The summed E-state index contributed by atoms with van der Waals surface area (Å²) in [5.74, 6) is -1.83. The number of nitrogen functional groups attached to an aromatic ring is 1. The van der Waals surface area contributed by atoms with E-state index >= 15 is 0 Å². The zero-order chi connectivity index (χ0) is 23.8. The lowest BCUT2D eigenvalue weighted by Crippen LogP contribution is -2.43. The number of rotatable bonds is 4. The highest BCUT2D eigenvalue weighted by molar-refractivity contribution is 6.31. The summed E-state index contributed by atoms with van der Waals surface area (Å²) in [6.45, 7) is 2.00. The summed E-state index contributed by atoms with van der Waals surface area (Å²) in [7, 11) is 0. The van der Waals surface area contributed by atoms with Crippen molar-refractivity contribution in [3.63, 3.8) is 0 Å². The summed E-state index contributed by atoms with van der Waals surface area (Å²) < 4.78 is 14.4. The van der Waals surface area contributed by atoms with Crippen LogP contribution in [0.1, 0.15) is 40.5 Å². The standard InChI is InChI=1S/C26H23Cl2FN2O2/c1-15-5-7-19(29)11-20(15)23-13-31-25(33)12-22(16-3-2-4-17(27)9-16)26(23,14-32)21-8-6-18(28)10-24(21)30/h2-11,14,22-23H,12-13,30H2,1H3,(H,31,33)/t22-,23?,26+/m0/s1. The first-order valence-corrected chi connectivity index (χ1v) is 11.3. The molecule has 7 heteroatoms. The molecule has 0 radical (unpaired) electrons. The molecule has 0 spiro atoms. The molecule has 1 saturated heterocycles. The molecule has 1 unspecified atom stereocenters. The van der Waals surface area contributed by atoms with E-state index in [1.807, 2.05) is 13.0 Å². The van der Waals surface area contributed by atoms with Gasteiger partial charge in [-0.3, -0.25) is 4.79 Å². The van der Waals surface area contributed by atoms with E-state index in [1.54, 1.807) is 42.5 Å². The zero-order valence-electron chi connectivity index (χ0n) is 17.9. The van der Waals surface area contributed by atoms with E-state index < -0.39 is 23.1 Å². The Morgan fingerprint density at radius 3 is 2.52 bits per heavy atom. The summed E-state index contributed by atoms with van der Waals surface area (Å²) in [6, 6.07) is 16.6. The summed E-state index contributed by atoms with van der Waals surface area (Å²) in [5, 5.41) is 3.84. The summed E-state index contributed by atoms with van der Waals surface area (Å²) in [5.41, 5.74) is 8.16. The van der Waals surface area contributed by atoms with Gasteiger partial charge in [0, 0.05) is 40.5 Å². The van der Waals surface area contributed by atoms with Crippen LogP contribution in [-0.2, 0) is 15.0 Å². The predicted octanol–water partition coefficient (Wildman–Crippen LogP) is 5.55. The third kappa shape index (κ3) is 4.23. The van der Waals surface area contributed by atoms with Gasteiger partial charge in [-0.1, -0.05) is 47.5 Å². The maximum Gasteiger partial charge on any atom is 0.220 e. The number of carbonyl (C=O) groups is 2. The minimum absolute atomic E-state index is 0.0337. The average Bonchev–Trinajstić information content (AvgIpc) is 2.92. The number of nitrogens with one attached hydrogen (secondary N) is 1. The Morgan fingerprint density at radius 2 is 1.82 bits per heavy atom. The Balaban J connectivity index is 2.08. The van der Waals surface area contributed by atoms with Crippen molar-refractivity contribution in [1.82, 2.24) is 5.32 Å². The lowest BCUT2D eigenvalue weighted by molar-refractivity contribution is -0.121. The number of amides is 1. The second-order valence-electron chi connectivity index (χ2n) is 8.45. The van der Waals surface area contributed by atoms with Crippen molar-refractivity contribution in [3.8, 4) is 0 Å². The van der Waals surface area contributed by atoms with Crippen molar-refractivity contribution in [2.24, 2.45) is 0 Å². The van der Waals surface area contributed by atoms with Gasteiger partial charge in [0.15, 0.2) is 0 Å². The van der Waals surface area contributed by atoms with Gasteiger partial charge in [0.2, 0.25) is 5.91 Å². The van der Waals surface area contributed by atoms with Gasteiger partial charge in [0.05, 0.1) is 5.41 Å². The fourth-order valence-electron chi connectivity index (χ4n) is 5.06. The molecular weight excluding hydrogens is 462 g/mol. The highest BCUT2D eigenvalue weighted by atomic mass is 35.5. The fourth-order valence-corrected chi connectivity index (χ4v) is 5.44. The van der Waals surface area contributed by atoms with Crippen molar-refractivity contribution in [3.05, 3.63) is 98.8 Å². The van der Waals surface area contributed by atoms with E-state index in [9.17, 15) is 14.0 Å². The molecule has 0 saturated carbocycles. The molecular formula is C26H23Cl2FN2O2. The normalized spacial score (nSPS) is 23.0. The van der Waals surface area contributed by atoms with Crippen LogP contribution in [0.2, 0.25) is 10.0 Å². The molecule has 1 fully saturated rings. The molecule has 1 heterocycles. The molecule has 1 aliphatic heterocycles. The Kier molecular flexibility index (Phi) is 6.46. The van der Waals surface area contributed by atoms with Crippen LogP contribution in [0.3, 0.4) is 0 Å². The predicted molar refractivity (Wildman–Crippen MR) is 129 cm³/mol. The van der Waals surface area contributed by atoms with Gasteiger partial charge in [0.25, 0.3) is 0 Å². The van der Waals surface area contributed by atoms with Crippen LogP contribution in [0.25, 0.3) is 0 Å². The van der Waals surface area contributed by atoms with Crippen molar-refractivity contribution < 1.29 is 14.0 Å². The first-order valence-electron chi connectivity index (χ1n) is 10.6. The monoisotopic (exact) mass is 484 g/mol. The molecule has 3 aromatic carbocycles. The number of halogens is 3. The minimum atomic E-state index is -1.29. The van der Waals surface area contributed by atoms with E-state index in [0.717, 1.165) is 17.4 Å². The van der Waals surface area contributed by atoms with Crippen LogP contribution >= 0.6 is 23.2 Å². The molecule has 0 aromatic heterocycles. The van der Waals surface area contributed by atoms with Gasteiger partial charge >= 0.3 is 0 Å². The van der Waals surface area contributed by atoms with Crippen LogP contribution < -0.4 is 11.1 Å². The van der Waals surface area contributed by atoms with Crippen LogP contribution in [0, 0.1) is 12.7 Å². The molecule has 3 atom stereocenters. The summed E-state index contributed by atoms with van der Waals surface area (Å²) in [6.07, 6.45) is 0.888.